The van der Waals surface area contributed by atoms with Gasteiger partial charge in [0.15, 0.2) is 0 Å². The minimum Gasteiger partial charge on any atom is -0.489 e. The average molecular weight is 537 g/mol. The molecule has 208 valence electrons. The Morgan fingerprint density at radius 2 is 1.57 bits per heavy atom. The van der Waals surface area contributed by atoms with Gasteiger partial charge >= 0.3 is 0 Å². The van der Waals surface area contributed by atoms with Gasteiger partial charge in [-0.3, -0.25) is 4.79 Å². The van der Waals surface area contributed by atoms with E-state index < -0.39 is 0 Å². The van der Waals surface area contributed by atoms with Crippen molar-refractivity contribution in [3.63, 3.8) is 0 Å². The lowest BCUT2D eigenvalue weighted by Crippen LogP contribution is -2.30. The van der Waals surface area contributed by atoms with Crippen LogP contribution in [0.25, 0.3) is 11.1 Å². The maximum atomic E-state index is 11.2. The second-order valence-corrected chi connectivity index (χ2v) is 10.1. The minimum atomic E-state index is -0.0264. The normalized spacial score (nSPS) is 10.8. The summed E-state index contributed by atoms with van der Waals surface area (Å²) in [6.07, 6.45) is 0.992. The lowest BCUT2D eigenvalue weighted by atomic mass is 9.97. The lowest BCUT2D eigenvalue weighted by Gasteiger charge is -2.16. The zero-order valence-corrected chi connectivity index (χ0v) is 24.1. The number of ether oxygens (including phenoxy) is 2. The summed E-state index contributed by atoms with van der Waals surface area (Å²) < 4.78 is 12.7. The summed E-state index contributed by atoms with van der Waals surface area (Å²) in [6.45, 7) is 10.8. The van der Waals surface area contributed by atoms with Gasteiger partial charge in [-0.2, -0.15) is 0 Å². The van der Waals surface area contributed by atoms with E-state index in [9.17, 15) is 4.79 Å². The van der Waals surface area contributed by atoms with Crippen molar-refractivity contribution in [2.24, 2.45) is 0 Å². The molecule has 40 heavy (non-hydrogen) atoms. The fourth-order valence-corrected chi connectivity index (χ4v) is 4.78. The molecule has 0 unspecified atom stereocenters. The van der Waals surface area contributed by atoms with E-state index in [0.29, 0.717) is 32.8 Å². The molecule has 5 heteroatoms. The Morgan fingerprint density at radius 3 is 2.35 bits per heavy atom. The Kier molecular flexibility index (Phi) is 10.4. The van der Waals surface area contributed by atoms with E-state index >= 15 is 0 Å². The van der Waals surface area contributed by atoms with Crippen LogP contribution in [0.2, 0.25) is 0 Å². The van der Waals surface area contributed by atoms with Gasteiger partial charge < -0.3 is 20.1 Å². The molecule has 2 N–H and O–H groups in total. The Hall–Kier alpha value is -4.09. The first-order chi connectivity index (χ1) is 19.4. The fourth-order valence-electron chi connectivity index (χ4n) is 4.78. The van der Waals surface area contributed by atoms with Gasteiger partial charge in [-0.05, 0) is 59.7 Å². The molecule has 4 rings (SSSR count). The van der Waals surface area contributed by atoms with Crippen LogP contribution >= 0.6 is 0 Å². The fraction of sp³-hybridized carbons (Fsp3) is 0.286. The predicted molar refractivity (Wildman–Crippen MR) is 163 cm³/mol. The summed E-state index contributed by atoms with van der Waals surface area (Å²) in [5.74, 6) is 1.53. The van der Waals surface area contributed by atoms with Crippen LogP contribution in [0.3, 0.4) is 0 Å². The van der Waals surface area contributed by atoms with Crippen molar-refractivity contribution in [3.8, 4) is 22.6 Å². The van der Waals surface area contributed by atoms with Crippen molar-refractivity contribution in [2.45, 2.75) is 53.9 Å². The summed E-state index contributed by atoms with van der Waals surface area (Å²) in [5, 5.41) is 6.21. The second-order valence-electron chi connectivity index (χ2n) is 10.1. The van der Waals surface area contributed by atoms with Crippen LogP contribution in [0.15, 0.2) is 84.9 Å². The molecule has 0 heterocycles. The SMILES string of the molecule is CCc1cc(C)cc(COc2cc(OCc3cccc(-c4ccccc4)c3C)ccc2CNCCNC(C)=O)c1. The molecule has 0 atom stereocenters. The highest BCUT2D eigenvalue weighted by molar-refractivity contribution is 5.72. The Morgan fingerprint density at radius 1 is 0.775 bits per heavy atom. The molecule has 5 nitrogen and oxygen atoms in total. The predicted octanol–water partition coefficient (Wildman–Crippen LogP) is 6.92. The third kappa shape index (κ3) is 8.20. The van der Waals surface area contributed by atoms with Crippen molar-refractivity contribution < 1.29 is 14.3 Å². The molecule has 0 saturated heterocycles. The van der Waals surface area contributed by atoms with Crippen molar-refractivity contribution in [1.29, 1.82) is 0 Å². The van der Waals surface area contributed by atoms with Gasteiger partial charge in [0.05, 0.1) is 0 Å². The molecule has 0 fully saturated rings. The Bertz CT molecular complexity index is 1420. The van der Waals surface area contributed by atoms with Crippen LogP contribution in [0.4, 0.5) is 0 Å². The number of carbonyl (C=O) groups excluding carboxylic acids is 1. The molecule has 4 aromatic carbocycles. The highest BCUT2D eigenvalue weighted by Gasteiger charge is 2.10. The largest absolute Gasteiger partial charge is 0.489 e. The van der Waals surface area contributed by atoms with E-state index in [-0.39, 0.29) is 5.91 Å². The summed E-state index contributed by atoms with van der Waals surface area (Å²) >= 11 is 0. The van der Waals surface area contributed by atoms with E-state index in [0.717, 1.165) is 34.6 Å². The molecule has 0 radical (unpaired) electrons. The van der Waals surface area contributed by atoms with Gasteiger partial charge in [-0.15, -0.1) is 0 Å². The van der Waals surface area contributed by atoms with Crippen LogP contribution in [0, 0.1) is 13.8 Å². The van der Waals surface area contributed by atoms with Crippen LogP contribution in [-0.4, -0.2) is 19.0 Å². The van der Waals surface area contributed by atoms with Crippen LogP contribution in [0.1, 0.15) is 47.2 Å². The monoisotopic (exact) mass is 536 g/mol. The number of rotatable bonds is 13. The van der Waals surface area contributed by atoms with E-state index in [1.807, 2.05) is 18.2 Å². The van der Waals surface area contributed by atoms with Gasteiger partial charge in [0.25, 0.3) is 0 Å². The first kappa shape index (κ1) is 28.9. The topological polar surface area (TPSA) is 59.6 Å². The van der Waals surface area contributed by atoms with E-state index in [1.165, 1.54) is 34.7 Å². The van der Waals surface area contributed by atoms with E-state index in [1.54, 1.807) is 0 Å². The maximum absolute atomic E-state index is 11.2. The van der Waals surface area contributed by atoms with Gasteiger partial charge in [0.1, 0.15) is 24.7 Å². The number of benzene rings is 4. The highest BCUT2D eigenvalue weighted by atomic mass is 16.5. The van der Waals surface area contributed by atoms with Gasteiger partial charge in [-0.1, -0.05) is 85.3 Å². The molecular formula is C35H40N2O3. The van der Waals surface area contributed by atoms with Crippen molar-refractivity contribution in [3.05, 3.63) is 118 Å². The van der Waals surface area contributed by atoms with Crippen molar-refractivity contribution in [1.82, 2.24) is 10.6 Å². The number of carbonyl (C=O) groups is 1. The Balaban J connectivity index is 1.49. The molecule has 0 saturated carbocycles. The summed E-state index contributed by atoms with van der Waals surface area (Å²) in [5.41, 5.74) is 9.54. The first-order valence-electron chi connectivity index (χ1n) is 14.0. The quantitative estimate of drug-likeness (QED) is 0.182. The van der Waals surface area contributed by atoms with Crippen molar-refractivity contribution in [2.75, 3.05) is 13.1 Å². The molecule has 0 aliphatic heterocycles. The molecule has 0 spiro atoms. The van der Waals surface area contributed by atoms with Crippen LogP contribution in [0.5, 0.6) is 11.5 Å². The number of nitrogens with one attached hydrogen (secondary N) is 2. The second kappa shape index (κ2) is 14.3. The zero-order chi connectivity index (χ0) is 28.3. The first-order valence-corrected chi connectivity index (χ1v) is 14.0. The minimum absolute atomic E-state index is 0.0264. The number of amides is 1. The summed E-state index contributed by atoms with van der Waals surface area (Å²) in [6, 6.07) is 29.4. The number of hydrogen-bond acceptors (Lipinski definition) is 4. The summed E-state index contributed by atoms with van der Waals surface area (Å²) in [7, 11) is 0. The van der Waals surface area contributed by atoms with Gasteiger partial charge in [0.2, 0.25) is 5.91 Å². The smallest absolute Gasteiger partial charge is 0.216 e. The highest BCUT2D eigenvalue weighted by Crippen LogP contribution is 2.29. The Labute approximate surface area is 238 Å². The van der Waals surface area contributed by atoms with Crippen molar-refractivity contribution >= 4 is 5.91 Å². The van der Waals surface area contributed by atoms with Gasteiger partial charge in [-0.25, -0.2) is 0 Å². The van der Waals surface area contributed by atoms with Crippen LogP contribution in [-0.2, 0) is 31.0 Å². The van der Waals surface area contributed by atoms with E-state index in [4.69, 9.17) is 9.47 Å². The average Bonchev–Trinajstić information content (AvgIpc) is 2.96. The number of hydrogen-bond donors (Lipinski definition) is 2. The molecule has 0 aliphatic carbocycles. The van der Waals surface area contributed by atoms with Gasteiger partial charge in [0, 0.05) is 38.2 Å². The third-order valence-corrected chi connectivity index (χ3v) is 6.95. The zero-order valence-electron chi connectivity index (χ0n) is 24.1. The lowest BCUT2D eigenvalue weighted by molar-refractivity contribution is -0.118. The third-order valence-electron chi connectivity index (χ3n) is 6.95. The van der Waals surface area contributed by atoms with Crippen LogP contribution < -0.4 is 20.1 Å². The maximum Gasteiger partial charge on any atom is 0.216 e. The molecule has 0 bridgehead atoms. The standard InChI is InChI=1S/C35H40N2O3/c1-5-28-18-25(2)19-29(20-28)23-40-35-21-33(15-14-31(35)22-36-16-17-37-27(4)38)39-24-32-12-9-13-34(26(32)3)30-10-7-6-8-11-30/h6-15,18-21,36H,5,16-17,22-24H2,1-4H3,(H,37,38). The molecular weight excluding hydrogens is 496 g/mol. The molecule has 1 amide bonds. The molecule has 0 aliphatic rings. The molecule has 4 aromatic rings. The number of aryl methyl sites for hydroxylation is 2. The summed E-state index contributed by atoms with van der Waals surface area (Å²) in [4.78, 5) is 11.2. The van der Waals surface area contributed by atoms with E-state index in [2.05, 4.69) is 98.1 Å². The molecule has 0 aromatic heterocycles.